The van der Waals surface area contributed by atoms with Crippen molar-refractivity contribution in [2.45, 2.75) is 25.7 Å². The monoisotopic (exact) mass is 151 g/mol. The van der Waals surface area contributed by atoms with Gasteiger partial charge in [0.1, 0.15) is 0 Å². The Labute approximate surface area is 66.7 Å². The molecule has 60 valence electrons. The van der Waals surface area contributed by atoms with E-state index in [4.69, 9.17) is 0 Å². The molecule has 0 aromatic rings. The Bertz CT molecular complexity index is 208. The van der Waals surface area contributed by atoms with Crippen LogP contribution in [0.1, 0.15) is 25.7 Å². The van der Waals surface area contributed by atoms with Gasteiger partial charge in [0.05, 0.1) is 0 Å². The topological polar surface area (TPSA) is 29.1 Å². The van der Waals surface area contributed by atoms with E-state index in [-0.39, 0.29) is 5.91 Å². The van der Waals surface area contributed by atoms with E-state index in [0.29, 0.717) is 5.92 Å². The zero-order valence-electron chi connectivity index (χ0n) is 6.60. The van der Waals surface area contributed by atoms with Crippen LogP contribution in [0.15, 0.2) is 11.6 Å². The first kappa shape index (κ1) is 6.89. The molecule has 0 aromatic carbocycles. The third-order valence-corrected chi connectivity index (χ3v) is 2.65. The standard InChI is InChI=1S/C9H13NO/c11-9-6-8-3-1-2-7(8)4-5-10-9/h6-7H,1-5H2,(H,10,11). The van der Waals surface area contributed by atoms with Gasteiger partial charge in [-0.15, -0.1) is 0 Å². The molecule has 1 fully saturated rings. The van der Waals surface area contributed by atoms with E-state index in [1.54, 1.807) is 0 Å². The minimum atomic E-state index is 0.115. The molecule has 1 atom stereocenters. The van der Waals surface area contributed by atoms with Crippen LogP contribution in [0.25, 0.3) is 0 Å². The molecule has 0 saturated heterocycles. The van der Waals surface area contributed by atoms with Crippen molar-refractivity contribution < 1.29 is 4.79 Å². The molecule has 1 unspecified atom stereocenters. The summed E-state index contributed by atoms with van der Waals surface area (Å²) < 4.78 is 0. The number of rotatable bonds is 0. The predicted molar refractivity (Wildman–Crippen MR) is 43.1 cm³/mol. The fraction of sp³-hybridized carbons (Fsp3) is 0.667. The Hall–Kier alpha value is -0.790. The summed E-state index contributed by atoms with van der Waals surface area (Å²) in [6.45, 7) is 0.865. The first-order valence-corrected chi connectivity index (χ1v) is 4.34. The van der Waals surface area contributed by atoms with Gasteiger partial charge in [-0.05, 0) is 31.6 Å². The Morgan fingerprint density at radius 3 is 3.27 bits per heavy atom. The highest BCUT2D eigenvalue weighted by Gasteiger charge is 2.23. The molecule has 0 spiro atoms. The quantitative estimate of drug-likeness (QED) is 0.554. The van der Waals surface area contributed by atoms with E-state index in [0.717, 1.165) is 19.4 Å². The largest absolute Gasteiger partial charge is 0.353 e. The van der Waals surface area contributed by atoms with Crippen molar-refractivity contribution in [3.05, 3.63) is 11.6 Å². The molecule has 0 aromatic heterocycles. The second kappa shape index (κ2) is 2.68. The van der Waals surface area contributed by atoms with Crippen LogP contribution in [0.5, 0.6) is 0 Å². The molecular formula is C9H13NO. The van der Waals surface area contributed by atoms with E-state index in [9.17, 15) is 4.79 Å². The van der Waals surface area contributed by atoms with Crippen LogP contribution in [-0.4, -0.2) is 12.5 Å². The maximum atomic E-state index is 11.0. The molecule has 2 heteroatoms. The van der Waals surface area contributed by atoms with Crippen LogP contribution in [0, 0.1) is 5.92 Å². The van der Waals surface area contributed by atoms with Crippen molar-refractivity contribution in [1.82, 2.24) is 5.32 Å². The predicted octanol–water partition coefficient (Wildman–Crippen LogP) is 1.23. The molecule has 1 aliphatic carbocycles. The summed E-state index contributed by atoms with van der Waals surface area (Å²) in [6.07, 6.45) is 6.69. The zero-order chi connectivity index (χ0) is 7.68. The molecule has 2 aliphatic rings. The number of hydrogen-bond acceptors (Lipinski definition) is 1. The van der Waals surface area contributed by atoms with Crippen LogP contribution in [0.2, 0.25) is 0 Å². The number of fused-ring (bicyclic) bond motifs is 1. The summed E-state index contributed by atoms with van der Waals surface area (Å²) in [5.41, 5.74) is 1.39. The average Bonchev–Trinajstić information content (AvgIpc) is 2.31. The molecule has 0 bridgehead atoms. The highest BCUT2D eigenvalue weighted by atomic mass is 16.1. The van der Waals surface area contributed by atoms with E-state index in [2.05, 4.69) is 5.32 Å². The van der Waals surface area contributed by atoms with Gasteiger partial charge in [-0.3, -0.25) is 4.79 Å². The molecular weight excluding hydrogens is 138 g/mol. The number of nitrogens with one attached hydrogen (secondary N) is 1. The van der Waals surface area contributed by atoms with Gasteiger partial charge < -0.3 is 5.32 Å². The summed E-state index contributed by atoms with van der Waals surface area (Å²) in [5.74, 6) is 0.832. The van der Waals surface area contributed by atoms with E-state index >= 15 is 0 Å². The van der Waals surface area contributed by atoms with Gasteiger partial charge in [0.15, 0.2) is 0 Å². The Balaban J connectivity index is 2.20. The molecule has 1 heterocycles. The molecule has 1 aliphatic heterocycles. The lowest BCUT2D eigenvalue weighted by Gasteiger charge is -2.06. The lowest BCUT2D eigenvalue weighted by molar-refractivity contribution is -0.116. The van der Waals surface area contributed by atoms with Gasteiger partial charge in [-0.25, -0.2) is 0 Å². The number of amides is 1. The minimum absolute atomic E-state index is 0.115. The highest BCUT2D eigenvalue weighted by molar-refractivity contribution is 5.88. The van der Waals surface area contributed by atoms with Gasteiger partial charge in [-0.1, -0.05) is 5.57 Å². The lowest BCUT2D eigenvalue weighted by Crippen LogP contribution is -2.20. The third kappa shape index (κ3) is 1.30. The molecule has 2 nitrogen and oxygen atoms in total. The van der Waals surface area contributed by atoms with Gasteiger partial charge in [0.2, 0.25) is 5.91 Å². The summed E-state index contributed by atoms with van der Waals surface area (Å²) in [5, 5.41) is 2.86. The first-order valence-electron chi connectivity index (χ1n) is 4.34. The number of carbonyl (C=O) groups excluding carboxylic acids is 1. The molecule has 2 rings (SSSR count). The smallest absolute Gasteiger partial charge is 0.243 e. The summed E-state index contributed by atoms with van der Waals surface area (Å²) in [6, 6.07) is 0. The summed E-state index contributed by atoms with van der Waals surface area (Å²) >= 11 is 0. The van der Waals surface area contributed by atoms with Crippen molar-refractivity contribution in [2.24, 2.45) is 5.92 Å². The number of carbonyl (C=O) groups is 1. The second-order valence-electron chi connectivity index (χ2n) is 3.39. The molecule has 1 amide bonds. The highest BCUT2D eigenvalue weighted by Crippen LogP contribution is 2.33. The van der Waals surface area contributed by atoms with Crippen LogP contribution in [0.3, 0.4) is 0 Å². The average molecular weight is 151 g/mol. The maximum absolute atomic E-state index is 11.0. The third-order valence-electron chi connectivity index (χ3n) is 2.65. The zero-order valence-corrected chi connectivity index (χ0v) is 6.60. The van der Waals surface area contributed by atoms with Crippen molar-refractivity contribution in [2.75, 3.05) is 6.54 Å². The molecule has 0 radical (unpaired) electrons. The van der Waals surface area contributed by atoms with Gasteiger partial charge in [-0.2, -0.15) is 0 Å². The number of hydrogen-bond donors (Lipinski definition) is 1. The van der Waals surface area contributed by atoms with Crippen LogP contribution >= 0.6 is 0 Å². The van der Waals surface area contributed by atoms with E-state index in [1.807, 2.05) is 6.08 Å². The van der Waals surface area contributed by atoms with Crippen LogP contribution < -0.4 is 5.32 Å². The SMILES string of the molecule is O=C1C=C2CCCC2CCN1. The molecule has 1 N–H and O–H groups in total. The van der Waals surface area contributed by atoms with Crippen molar-refractivity contribution in [1.29, 1.82) is 0 Å². The van der Waals surface area contributed by atoms with Crippen molar-refractivity contribution >= 4 is 5.91 Å². The van der Waals surface area contributed by atoms with Crippen molar-refractivity contribution in [3.8, 4) is 0 Å². The van der Waals surface area contributed by atoms with E-state index in [1.165, 1.54) is 18.4 Å². The summed E-state index contributed by atoms with van der Waals surface area (Å²) in [4.78, 5) is 11.0. The fourth-order valence-corrected chi connectivity index (χ4v) is 2.05. The number of allylic oxidation sites excluding steroid dienone is 1. The van der Waals surface area contributed by atoms with Gasteiger partial charge in [0.25, 0.3) is 0 Å². The van der Waals surface area contributed by atoms with Crippen LogP contribution in [0.4, 0.5) is 0 Å². The van der Waals surface area contributed by atoms with Gasteiger partial charge in [0, 0.05) is 12.6 Å². The normalized spacial score (nSPS) is 30.4. The Morgan fingerprint density at radius 2 is 2.36 bits per heavy atom. The Kier molecular flexibility index (Phi) is 1.68. The van der Waals surface area contributed by atoms with Gasteiger partial charge >= 0.3 is 0 Å². The fourth-order valence-electron chi connectivity index (χ4n) is 2.05. The molecule has 11 heavy (non-hydrogen) atoms. The minimum Gasteiger partial charge on any atom is -0.353 e. The van der Waals surface area contributed by atoms with E-state index < -0.39 is 0 Å². The first-order chi connectivity index (χ1) is 5.36. The summed E-state index contributed by atoms with van der Waals surface area (Å²) in [7, 11) is 0. The second-order valence-corrected chi connectivity index (χ2v) is 3.39. The maximum Gasteiger partial charge on any atom is 0.243 e. The molecule has 1 saturated carbocycles. The Morgan fingerprint density at radius 1 is 1.45 bits per heavy atom. The van der Waals surface area contributed by atoms with Crippen molar-refractivity contribution in [3.63, 3.8) is 0 Å². The van der Waals surface area contributed by atoms with Crippen LogP contribution in [-0.2, 0) is 4.79 Å². The lowest BCUT2D eigenvalue weighted by atomic mass is 10.00.